The third-order valence-corrected chi connectivity index (χ3v) is 3.54. The van der Waals surface area contributed by atoms with Gasteiger partial charge in [-0.15, -0.1) is 0 Å². The van der Waals surface area contributed by atoms with E-state index in [1.807, 2.05) is 19.1 Å². The van der Waals surface area contributed by atoms with Gasteiger partial charge in [0.25, 0.3) is 5.56 Å². The van der Waals surface area contributed by atoms with Crippen molar-refractivity contribution in [1.82, 2.24) is 24.6 Å². The van der Waals surface area contributed by atoms with Gasteiger partial charge in [-0.1, -0.05) is 11.8 Å². The van der Waals surface area contributed by atoms with Gasteiger partial charge in [0.1, 0.15) is 12.0 Å². The number of aromatic amines is 1. The summed E-state index contributed by atoms with van der Waals surface area (Å²) in [6.45, 7) is 1.97. The van der Waals surface area contributed by atoms with Gasteiger partial charge in [-0.05, 0) is 24.6 Å². The molecule has 0 radical (unpaired) electrons. The first-order valence-electron chi connectivity index (χ1n) is 5.69. The number of nitrogens with one attached hydrogen (secondary N) is 1. The lowest BCUT2D eigenvalue weighted by Crippen LogP contribution is -2.15. The molecule has 3 aromatic rings. The van der Waals surface area contributed by atoms with Crippen LogP contribution in [0, 0.1) is 6.92 Å². The maximum absolute atomic E-state index is 12.0. The van der Waals surface area contributed by atoms with E-state index >= 15 is 0 Å². The Morgan fingerprint density at radius 3 is 3.11 bits per heavy atom. The van der Waals surface area contributed by atoms with E-state index in [4.69, 9.17) is 0 Å². The molecule has 1 N–H and O–H groups in total. The van der Waals surface area contributed by atoms with Crippen LogP contribution >= 0.6 is 11.8 Å². The second-order valence-corrected chi connectivity index (χ2v) is 5.06. The SMILES string of the molecule is Cc1ccn2c(=O)cc(CSc3ncn[nH]3)nc2c1. The van der Waals surface area contributed by atoms with Crippen LogP contribution < -0.4 is 5.56 Å². The number of fused-ring (bicyclic) bond motifs is 1. The lowest BCUT2D eigenvalue weighted by atomic mass is 10.3. The second-order valence-electron chi connectivity index (χ2n) is 4.10. The van der Waals surface area contributed by atoms with Gasteiger partial charge in [0, 0.05) is 18.0 Å². The molecule has 0 unspecified atom stereocenters. The Kier molecular flexibility index (Phi) is 3.04. The quantitative estimate of drug-likeness (QED) is 0.730. The largest absolute Gasteiger partial charge is 0.269 e. The van der Waals surface area contributed by atoms with Gasteiger partial charge in [0.15, 0.2) is 5.16 Å². The van der Waals surface area contributed by atoms with Gasteiger partial charge >= 0.3 is 0 Å². The third kappa shape index (κ3) is 2.50. The lowest BCUT2D eigenvalue weighted by molar-refractivity contribution is 0.967. The Hall–Kier alpha value is -2.15. The summed E-state index contributed by atoms with van der Waals surface area (Å²) < 4.78 is 1.54. The van der Waals surface area contributed by atoms with E-state index in [0.29, 0.717) is 16.6 Å². The summed E-state index contributed by atoms with van der Waals surface area (Å²) in [6.07, 6.45) is 3.20. The van der Waals surface area contributed by atoms with Gasteiger partial charge in [-0.2, -0.15) is 5.10 Å². The molecule has 7 heteroatoms. The van der Waals surface area contributed by atoms with Crippen molar-refractivity contribution >= 4 is 17.4 Å². The molecule has 6 nitrogen and oxygen atoms in total. The first kappa shape index (κ1) is 11.9. The molecule has 0 saturated heterocycles. The highest BCUT2D eigenvalue weighted by molar-refractivity contribution is 7.98. The highest BCUT2D eigenvalue weighted by Gasteiger charge is 2.04. The Labute approximate surface area is 112 Å². The molecule has 0 aliphatic rings. The predicted octanol–water partition coefficient (Wildman–Crippen LogP) is 1.41. The molecule has 0 aromatic carbocycles. The van der Waals surface area contributed by atoms with Crippen LogP contribution in [0.1, 0.15) is 11.3 Å². The fourth-order valence-corrected chi connectivity index (χ4v) is 2.41. The standard InChI is InChI=1S/C12H11N5OS/c1-8-2-3-17-10(4-8)15-9(5-11(17)18)6-19-12-13-7-14-16-12/h2-5,7H,6H2,1H3,(H,13,14,16). The Morgan fingerprint density at radius 2 is 2.32 bits per heavy atom. The van der Waals surface area contributed by atoms with Gasteiger partial charge in [-0.25, -0.2) is 9.97 Å². The van der Waals surface area contributed by atoms with Crippen LogP contribution in [-0.4, -0.2) is 24.6 Å². The summed E-state index contributed by atoms with van der Waals surface area (Å²) in [4.78, 5) is 20.4. The number of hydrogen-bond donors (Lipinski definition) is 1. The monoisotopic (exact) mass is 273 g/mol. The molecule has 0 amide bonds. The van der Waals surface area contributed by atoms with Crippen LogP contribution in [0.25, 0.3) is 5.65 Å². The van der Waals surface area contributed by atoms with E-state index in [0.717, 1.165) is 11.3 Å². The molecule has 3 heterocycles. The molecule has 19 heavy (non-hydrogen) atoms. The van der Waals surface area contributed by atoms with Crippen LogP contribution in [0.5, 0.6) is 0 Å². The minimum absolute atomic E-state index is 0.0711. The Balaban J connectivity index is 1.94. The normalized spacial score (nSPS) is 11.0. The maximum Gasteiger partial charge on any atom is 0.258 e. The third-order valence-electron chi connectivity index (χ3n) is 2.63. The van der Waals surface area contributed by atoms with Crippen molar-refractivity contribution in [1.29, 1.82) is 0 Å². The molecule has 96 valence electrons. The minimum Gasteiger partial charge on any atom is -0.269 e. The van der Waals surface area contributed by atoms with Crippen LogP contribution in [0.2, 0.25) is 0 Å². The smallest absolute Gasteiger partial charge is 0.258 e. The predicted molar refractivity (Wildman–Crippen MR) is 72.1 cm³/mol. The van der Waals surface area contributed by atoms with Gasteiger partial charge in [0.2, 0.25) is 0 Å². The van der Waals surface area contributed by atoms with Crippen molar-refractivity contribution < 1.29 is 0 Å². The molecule has 3 rings (SSSR count). The first-order valence-corrected chi connectivity index (χ1v) is 6.68. The zero-order chi connectivity index (χ0) is 13.2. The van der Waals surface area contributed by atoms with Crippen molar-refractivity contribution in [3.05, 3.63) is 52.3 Å². The molecule has 0 aliphatic heterocycles. The number of pyridine rings is 1. The molecule has 0 atom stereocenters. The fraction of sp³-hybridized carbons (Fsp3) is 0.167. The lowest BCUT2D eigenvalue weighted by Gasteiger charge is -2.03. The molecule has 0 bridgehead atoms. The summed E-state index contributed by atoms with van der Waals surface area (Å²) in [5.41, 5.74) is 2.41. The molecule has 3 aromatic heterocycles. The number of H-pyrrole nitrogens is 1. The van der Waals surface area contributed by atoms with E-state index in [2.05, 4.69) is 20.2 Å². The molecule has 0 saturated carbocycles. The average Bonchev–Trinajstić information content (AvgIpc) is 2.89. The van der Waals surface area contributed by atoms with E-state index in [-0.39, 0.29) is 5.56 Å². The number of aromatic nitrogens is 5. The number of rotatable bonds is 3. The summed E-state index contributed by atoms with van der Waals surface area (Å²) in [5, 5.41) is 7.24. The second kappa shape index (κ2) is 4.85. The zero-order valence-electron chi connectivity index (χ0n) is 10.2. The summed E-state index contributed by atoms with van der Waals surface area (Å²) in [7, 11) is 0. The van der Waals surface area contributed by atoms with E-state index in [9.17, 15) is 4.79 Å². The number of thioether (sulfide) groups is 1. The van der Waals surface area contributed by atoms with Gasteiger partial charge in [-0.3, -0.25) is 14.3 Å². The first-order chi connectivity index (χ1) is 9.22. The zero-order valence-corrected chi connectivity index (χ0v) is 11.0. The Bertz CT molecular complexity index is 765. The fourth-order valence-electron chi connectivity index (χ4n) is 1.73. The minimum atomic E-state index is -0.0711. The van der Waals surface area contributed by atoms with Crippen LogP contribution in [0.4, 0.5) is 0 Å². The highest BCUT2D eigenvalue weighted by Crippen LogP contribution is 2.16. The molecule has 0 fully saturated rings. The van der Waals surface area contributed by atoms with E-state index in [1.54, 1.807) is 12.3 Å². The van der Waals surface area contributed by atoms with Crippen molar-refractivity contribution in [2.75, 3.05) is 0 Å². The van der Waals surface area contributed by atoms with Crippen molar-refractivity contribution in [3.8, 4) is 0 Å². The van der Waals surface area contributed by atoms with Gasteiger partial charge in [0.05, 0.1) is 5.69 Å². The van der Waals surface area contributed by atoms with Crippen LogP contribution in [0.3, 0.4) is 0 Å². The van der Waals surface area contributed by atoms with E-state index < -0.39 is 0 Å². The highest BCUT2D eigenvalue weighted by atomic mass is 32.2. The average molecular weight is 273 g/mol. The number of aryl methyl sites for hydroxylation is 1. The van der Waals surface area contributed by atoms with Gasteiger partial charge < -0.3 is 0 Å². The molecule has 0 aliphatic carbocycles. The topological polar surface area (TPSA) is 75.9 Å². The van der Waals surface area contributed by atoms with Crippen molar-refractivity contribution in [2.24, 2.45) is 0 Å². The molecular formula is C12H11N5OS. The van der Waals surface area contributed by atoms with Crippen molar-refractivity contribution in [3.63, 3.8) is 0 Å². The molecule has 0 spiro atoms. The Morgan fingerprint density at radius 1 is 1.42 bits per heavy atom. The summed E-state index contributed by atoms with van der Waals surface area (Å²) in [6, 6.07) is 5.33. The van der Waals surface area contributed by atoms with Crippen LogP contribution in [-0.2, 0) is 5.75 Å². The molecular weight excluding hydrogens is 262 g/mol. The number of hydrogen-bond acceptors (Lipinski definition) is 5. The van der Waals surface area contributed by atoms with Crippen LogP contribution in [0.15, 0.2) is 40.7 Å². The van der Waals surface area contributed by atoms with Crippen molar-refractivity contribution in [2.45, 2.75) is 17.8 Å². The summed E-state index contributed by atoms with van der Waals surface area (Å²) in [5.74, 6) is 0.578. The maximum atomic E-state index is 12.0. The summed E-state index contributed by atoms with van der Waals surface area (Å²) >= 11 is 1.46. The van der Waals surface area contributed by atoms with E-state index in [1.165, 1.54) is 22.5 Å². The number of nitrogens with zero attached hydrogens (tertiary/aromatic N) is 4.